The number of para-hydroxylation sites is 1. The van der Waals surface area contributed by atoms with Crippen molar-refractivity contribution in [1.82, 2.24) is 9.80 Å². The lowest BCUT2D eigenvalue weighted by Gasteiger charge is -2.36. The highest BCUT2D eigenvalue weighted by atomic mass is 32.2. The molecule has 6 heteroatoms. The van der Waals surface area contributed by atoms with Gasteiger partial charge in [-0.25, -0.2) is 4.99 Å². The van der Waals surface area contributed by atoms with Crippen LogP contribution in [0.15, 0.2) is 59.6 Å². The molecule has 1 fully saturated rings. The van der Waals surface area contributed by atoms with Crippen LogP contribution in [0.2, 0.25) is 0 Å². The topological polar surface area (TPSA) is 45.1 Å². The van der Waals surface area contributed by atoms with Gasteiger partial charge in [0.05, 0.1) is 5.69 Å². The fourth-order valence-electron chi connectivity index (χ4n) is 3.73. The van der Waals surface area contributed by atoms with E-state index in [0.717, 1.165) is 63.3 Å². The minimum Gasteiger partial charge on any atom is -0.434 e. The van der Waals surface area contributed by atoms with Crippen LogP contribution in [0.1, 0.15) is 45.6 Å². The average Bonchev–Trinajstić information content (AvgIpc) is 2.86. The smallest absolute Gasteiger partial charge is 0.256 e. The van der Waals surface area contributed by atoms with Crippen molar-refractivity contribution in [3.63, 3.8) is 0 Å². The van der Waals surface area contributed by atoms with Crippen molar-refractivity contribution in [3.8, 4) is 5.75 Å². The first-order valence-corrected chi connectivity index (χ1v) is 12.8. The van der Waals surface area contributed by atoms with Gasteiger partial charge in [-0.1, -0.05) is 62.9 Å². The molecular formula is C26H37N3O2S. The van der Waals surface area contributed by atoms with Crippen molar-refractivity contribution in [3.05, 3.63) is 60.2 Å². The Morgan fingerprint density at radius 1 is 1.12 bits per heavy atom. The summed E-state index contributed by atoms with van der Waals surface area (Å²) in [5, 5.41) is 0.628. The Bertz CT molecular complexity index is 804. The van der Waals surface area contributed by atoms with Crippen LogP contribution in [0.3, 0.4) is 0 Å². The Kier molecular flexibility index (Phi) is 11.9. The third kappa shape index (κ3) is 8.32. The standard InChI is InChI=1S/C24H31N3O2S.C2H6/c1-3-15-27(19-28)22-13-16-26(17-14-22)18-20-9-11-23(12-10-20)29-24(30-2)25-21-7-5-4-6-8-21;1-2/h4-12,19,22H,3,13-18H2,1-2H3;1-2H3. The predicted octanol–water partition coefficient (Wildman–Crippen LogP) is 5.98. The normalized spacial score (nSPS) is 14.9. The molecule has 0 atom stereocenters. The second-order valence-corrected chi connectivity index (χ2v) is 8.27. The lowest BCUT2D eigenvalue weighted by Crippen LogP contribution is -2.44. The molecule has 1 amide bonds. The Labute approximate surface area is 197 Å². The summed E-state index contributed by atoms with van der Waals surface area (Å²) in [6.45, 7) is 9.96. The van der Waals surface area contributed by atoms with E-state index in [1.165, 1.54) is 17.3 Å². The van der Waals surface area contributed by atoms with Gasteiger partial charge in [-0.2, -0.15) is 0 Å². The van der Waals surface area contributed by atoms with Gasteiger partial charge in [0.15, 0.2) is 0 Å². The summed E-state index contributed by atoms with van der Waals surface area (Å²) >= 11 is 1.49. The molecule has 0 radical (unpaired) electrons. The highest BCUT2D eigenvalue weighted by molar-refractivity contribution is 8.13. The molecule has 0 aliphatic carbocycles. The highest BCUT2D eigenvalue weighted by Gasteiger charge is 2.23. The van der Waals surface area contributed by atoms with Crippen molar-refractivity contribution < 1.29 is 9.53 Å². The SMILES string of the molecule is CC.CCCN(C=O)C1CCN(Cc2ccc(OC(=Nc3ccccc3)SC)cc2)CC1. The Hall–Kier alpha value is -2.31. The third-order valence-electron chi connectivity index (χ3n) is 5.33. The summed E-state index contributed by atoms with van der Waals surface area (Å²) in [7, 11) is 0. The van der Waals surface area contributed by atoms with Crippen LogP contribution in [-0.4, -0.2) is 53.4 Å². The molecule has 2 aromatic rings. The first-order valence-electron chi connectivity index (χ1n) is 11.6. The number of carbonyl (C=O) groups is 1. The number of hydrogen-bond acceptors (Lipinski definition) is 5. The number of ether oxygens (including phenoxy) is 1. The Morgan fingerprint density at radius 3 is 2.34 bits per heavy atom. The van der Waals surface area contributed by atoms with E-state index in [9.17, 15) is 4.79 Å². The molecule has 1 heterocycles. The molecule has 174 valence electrons. The van der Waals surface area contributed by atoms with Crippen molar-refractivity contribution in [2.75, 3.05) is 25.9 Å². The van der Waals surface area contributed by atoms with Crippen LogP contribution in [0.5, 0.6) is 5.75 Å². The number of aliphatic imine (C=N–C) groups is 1. The van der Waals surface area contributed by atoms with Crippen LogP contribution in [0, 0.1) is 0 Å². The highest BCUT2D eigenvalue weighted by Crippen LogP contribution is 2.21. The number of likely N-dealkylation sites (tertiary alicyclic amines) is 1. The lowest BCUT2D eigenvalue weighted by atomic mass is 10.0. The van der Waals surface area contributed by atoms with E-state index < -0.39 is 0 Å². The fourth-order valence-corrected chi connectivity index (χ4v) is 4.10. The van der Waals surface area contributed by atoms with Crippen molar-refractivity contribution >= 4 is 29.1 Å². The molecule has 2 aromatic carbocycles. The van der Waals surface area contributed by atoms with Crippen molar-refractivity contribution in [1.29, 1.82) is 0 Å². The van der Waals surface area contributed by atoms with Gasteiger partial charge in [-0.05, 0) is 55.3 Å². The molecule has 32 heavy (non-hydrogen) atoms. The molecule has 1 aliphatic rings. The minimum atomic E-state index is 0.392. The zero-order valence-electron chi connectivity index (χ0n) is 19.9. The summed E-state index contributed by atoms with van der Waals surface area (Å²) in [5.74, 6) is 0.794. The van der Waals surface area contributed by atoms with Crippen LogP contribution in [-0.2, 0) is 11.3 Å². The summed E-state index contributed by atoms with van der Waals surface area (Å²) in [6, 6.07) is 18.5. The number of benzene rings is 2. The van der Waals surface area contributed by atoms with Gasteiger partial charge >= 0.3 is 0 Å². The molecule has 0 aromatic heterocycles. The van der Waals surface area contributed by atoms with Gasteiger partial charge in [0.1, 0.15) is 5.75 Å². The number of nitrogens with zero attached hydrogens (tertiary/aromatic N) is 3. The van der Waals surface area contributed by atoms with E-state index in [4.69, 9.17) is 4.74 Å². The first kappa shape index (κ1) is 25.9. The summed E-state index contributed by atoms with van der Waals surface area (Å²) in [5.41, 5.74) is 2.15. The quantitative estimate of drug-likeness (QED) is 0.279. The van der Waals surface area contributed by atoms with Crippen molar-refractivity contribution in [2.45, 2.75) is 52.6 Å². The number of amides is 1. The summed E-state index contributed by atoms with van der Waals surface area (Å²) in [4.78, 5) is 20.3. The number of piperidine rings is 1. The fraction of sp³-hybridized carbons (Fsp3) is 0.462. The van der Waals surface area contributed by atoms with Crippen molar-refractivity contribution in [2.24, 2.45) is 4.99 Å². The first-order chi connectivity index (χ1) is 15.7. The van der Waals surface area contributed by atoms with E-state index in [1.807, 2.05) is 67.5 Å². The molecule has 3 rings (SSSR count). The minimum absolute atomic E-state index is 0.392. The maximum absolute atomic E-state index is 11.3. The lowest BCUT2D eigenvalue weighted by molar-refractivity contribution is -0.121. The number of carbonyl (C=O) groups excluding carboxylic acids is 1. The predicted molar refractivity (Wildman–Crippen MR) is 137 cm³/mol. The van der Waals surface area contributed by atoms with Crippen LogP contribution < -0.4 is 4.74 Å². The molecule has 0 N–H and O–H groups in total. The van der Waals surface area contributed by atoms with Crippen LogP contribution in [0.4, 0.5) is 5.69 Å². The van der Waals surface area contributed by atoms with E-state index in [0.29, 0.717) is 11.3 Å². The number of rotatable bonds is 8. The zero-order chi connectivity index (χ0) is 23.2. The molecule has 0 unspecified atom stereocenters. The molecular weight excluding hydrogens is 418 g/mol. The van der Waals surface area contributed by atoms with Crippen LogP contribution >= 0.6 is 11.8 Å². The average molecular weight is 456 g/mol. The van der Waals surface area contributed by atoms with Crippen LogP contribution in [0.25, 0.3) is 0 Å². The van der Waals surface area contributed by atoms with E-state index in [-0.39, 0.29) is 0 Å². The maximum Gasteiger partial charge on any atom is 0.256 e. The molecule has 1 saturated heterocycles. The zero-order valence-corrected chi connectivity index (χ0v) is 20.7. The Balaban J connectivity index is 0.00000176. The monoisotopic (exact) mass is 455 g/mol. The molecule has 5 nitrogen and oxygen atoms in total. The maximum atomic E-state index is 11.3. The second kappa shape index (κ2) is 14.7. The Morgan fingerprint density at radius 2 is 1.78 bits per heavy atom. The third-order valence-corrected chi connectivity index (χ3v) is 5.85. The largest absolute Gasteiger partial charge is 0.434 e. The van der Waals surface area contributed by atoms with Gasteiger partial charge < -0.3 is 9.64 Å². The van der Waals surface area contributed by atoms with E-state index in [2.05, 4.69) is 28.9 Å². The van der Waals surface area contributed by atoms with Gasteiger partial charge in [-0.15, -0.1) is 0 Å². The second-order valence-electron chi connectivity index (χ2n) is 7.51. The van der Waals surface area contributed by atoms with E-state index in [1.54, 1.807) is 0 Å². The van der Waals surface area contributed by atoms with Gasteiger partial charge in [0.2, 0.25) is 6.41 Å². The number of hydrogen-bond donors (Lipinski definition) is 0. The molecule has 0 spiro atoms. The number of thioether (sulfide) groups is 1. The van der Waals surface area contributed by atoms with Gasteiger partial charge in [-0.3, -0.25) is 9.69 Å². The van der Waals surface area contributed by atoms with E-state index >= 15 is 0 Å². The van der Waals surface area contributed by atoms with Gasteiger partial charge in [0, 0.05) is 32.2 Å². The summed E-state index contributed by atoms with van der Waals surface area (Å²) < 4.78 is 5.95. The molecule has 0 saturated carbocycles. The molecule has 1 aliphatic heterocycles. The molecule has 0 bridgehead atoms. The summed E-state index contributed by atoms with van der Waals surface area (Å²) in [6.07, 6.45) is 6.10. The van der Waals surface area contributed by atoms with Gasteiger partial charge in [0.25, 0.3) is 5.23 Å².